The molecule has 0 unspecified atom stereocenters. The molecule has 0 saturated carbocycles. The van der Waals surface area contributed by atoms with Gasteiger partial charge in [0, 0.05) is 18.9 Å². The summed E-state index contributed by atoms with van der Waals surface area (Å²) in [7, 11) is 0. The van der Waals surface area contributed by atoms with E-state index in [9.17, 15) is 18.0 Å². The van der Waals surface area contributed by atoms with Crippen LogP contribution >= 0.6 is 0 Å². The van der Waals surface area contributed by atoms with E-state index in [1.807, 2.05) is 5.43 Å². The van der Waals surface area contributed by atoms with Crippen LogP contribution < -0.4 is 16.6 Å². The largest absolute Gasteiger partial charge is 0.416 e. The van der Waals surface area contributed by atoms with Gasteiger partial charge in [-0.3, -0.25) is 10.2 Å². The zero-order chi connectivity index (χ0) is 16.2. The molecule has 0 fully saturated rings. The van der Waals surface area contributed by atoms with E-state index in [4.69, 9.17) is 5.84 Å². The van der Waals surface area contributed by atoms with Crippen molar-refractivity contribution in [3.8, 4) is 0 Å². The first kappa shape index (κ1) is 15.7. The topological polar surface area (TPSA) is 92.9 Å². The zero-order valence-electron chi connectivity index (χ0n) is 11.2. The van der Waals surface area contributed by atoms with Gasteiger partial charge in [-0.05, 0) is 11.6 Å². The van der Waals surface area contributed by atoms with E-state index in [2.05, 4.69) is 15.3 Å². The van der Waals surface area contributed by atoms with Gasteiger partial charge in [0.2, 0.25) is 5.95 Å². The lowest BCUT2D eigenvalue weighted by atomic mass is 10.1. The summed E-state index contributed by atoms with van der Waals surface area (Å²) in [6, 6.07) is 5.21. The Kier molecular flexibility index (Phi) is 4.56. The first-order chi connectivity index (χ1) is 10.4. The molecule has 9 heteroatoms. The van der Waals surface area contributed by atoms with Crippen LogP contribution in [-0.4, -0.2) is 15.9 Å². The summed E-state index contributed by atoms with van der Waals surface area (Å²) in [4.78, 5) is 18.9. The molecule has 2 rings (SSSR count). The van der Waals surface area contributed by atoms with Gasteiger partial charge in [-0.1, -0.05) is 18.2 Å². The van der Waals surface area contributed by atoms with Crippen LogP contribution in [0.1, 0.15) is 21.5 Å². The number of hydrazine groups is 1. The van der Waals surface area contributed by atoms with E-state index < -0.39 is 17.6 Å². The number of aromatic nitrogens is 2. The van der Waals surface area contributed by atoms with Gasteiger partial charge in [-0.2, -0.15) is 13.2 Å². The second kappa shape index (κ2) is 6.39. The fourth-order valence-corrected chi connectivity index (χ4v) is 1.75. The molecule has 22 heavy (non-hydrogen) atoms. The average Bonchev–Trinajstić information content (AvgIpc) is 2.52. The van der Waals surface area contributed by atoms with E-state index in [-0.39, 0.29) is 23.6 Å². The number of hydrogen-bond donors (Lipinski definition) is 3. The highest BCUT2D eigenvalue weighted by molar-refractivity contribution is 5.93. The summed E-state index contributed by atoms with van der Waals surface area (Å²) in [5.41, 5.74) is 1.41. The summed E-state index contributed by atoms with van der Waals surface area (Å²) in [6.07, 6.45) is -2.00. The van der Waals surface area contributed by atoms with Crippen LogP contribution in [-0.2, 0) is 12.7 Å². The molecule has 1 aromatic carbocycles. The van der Waals surface area contributed by atoms with Crippen LogP contribution in [0.5, 0.6) is 0 Å². The average molecular weight is 311 g/mol. The Bertz CT molecular complexity index is 657. The number of nitrogens with two attached hydrogens (primary N) is 1. The van der Waals surface area contributed by atoms with Crippen molar-refractivity contribution in [2.24, 2.45) is 5.84 Å². The van der Waals surface area contributed by atoms with Crippen molar-refractivity contribution in [1.82, 2.24) is 15.4 Å². The first-order valence-corrected chi connectivity index (χ1v) is 6.14. The Morgan fingerprint density at radius 3 is 2.41 bits per heavy atom. The molecule has 1 aromatic heterocycles. The number of carbonyl (C=O) groups excluding carboxylic acids is 1. The highest BCUT2D eigenvalue weighted by Gasteiger charge is 2.32. The summed E-state index contributed by atoms with van der Waals surface area (Å²) >= 11 is 0. The minimum absolute atomic E-state index is 0.0716. The molecular formula is C13H12F3N5O. The highest BCUT2D eigenvalue weighted by Crippen LogP contribution is 2.31. The van der Waals surface area contributed by atoms with Crippen LogP contribution in [0.2, 0.25) is 0 Å². The molecule has 0 saturated heterocycles. The lowest BCUT2D eigenvalue weighted by Gasteiger charge is -2.13. The van der Waals surface area contributed by atoms with Crippen LogP contribution in [0.15, 0.2) is 36.7 Å². The number of nitrogens with one attached hydrogen (secondary N) is 2. The molecule has 0 aliphatic rings. The van der Waals surface area contributed by atoms with E-state index >= 15 is 0 Å². The number of nitrogen functional groups attached to an aromatic ring is 1. The number of rotatable bonds is 4. The van der Waals surface area contributed by atoms with Crippen molar-refractivity contribution in [2.75, 3.05) is 5.32 Å². The zero-order valence-corrected chi connectivity index (χ0v) is 11.2. The molecule has 0 aliphatic carbocycles. The number of benzene rings is 1. The SMILES string of the molecule is NNC(=O)c1cnc(NCc2ccccc2C(F)(F)F)nc1. The van der Waals surface area contributed by atoms with Gasteiger partial charge in [0.1, 0.15) is 0 Å². The van der Waals surface area contributed by atoms with Gasteiger partial charge >= 0.3 is 6.18 Å². The third kappa shape index (κ3) is 3.70. The Hall–Kier alpha value is -2.68. The molecule has 1 amide bonds. The van der Waals surface area contributed by atoms with E-state index in [0.29, 0.717) is 0 Å². The monoisotopic (exact) mass is 311 g/mol. The third-order valence-corrected chi connectivity index (χ3v) is 2.80. The van der Waals surface area contributed by atoms with Crippen LogP contribution in [0.4, 0.5) is 19.1 Å². The van der Waals surface area contributed by atoms with Crippen molar-refractivity contribution in [3.63, 3.8) is 0 Å². The maximum absolute atomic E-state index is 12.8. The van der Waals surface area contributed by atoms with E-state index in [1.165, 1.54) is 30.6 Å². The molecule has 116 valence electrons. The van der Waals surface area contributed by atoms with Crippen LogP contribution in [0, 0.1) is 0 Å². The van der Waals surface area contributed by atoms with Gasteiger partial charge in [-0.25, -0.2) is 15.8 Å². The third-order valence-electron chi connectivity index (χ3n) is 2.80. The second-order valence-electron chi connectivity index (χ2n) is 4.28. The van der Waals surface area contributed by atoms with Crippen molar-refractivity contribution in [2.45, 2.75) is 12.7 Å². The lowest BCUT2D eigenvalue weighted by Crippen LogP contribution is -2.30. The molecule has 0 bridgehead atoms. The van der Waals surface area contributed by atoms with Gasteiger partial charge in [-0.15, -0.1) is 0 Å². The Morgan fingerprint density at radius 1 is 1.18 bits per heavy atom. The highest BCUT2D eigenvalue weighted by atomic mass is 19.4. The van der Waals surface area contributed by atoms with Gasteiger partial charge < -0.3 is 5.32 Å². The number of halogens is 3. The molecule has 0 aliphatic heterocycles. The molecule has 0 radical (unpaired) electrons. The summed E-state index contributed by atoms with van der Waals surface area (Å²) < 4.78 is 38.5. The van der Waals surface area contributed by atoms with Crippen LogP contribution in [0.25, 0.3) is 0 Å². The predicted octanol–water partition coefficient (Wildman–Crippen LogP) is 1.71. The Labute approximate surface area is 123 Å². The van der Waals surface area contributed by atoms with Crippen molar-refractivity contribution in [1.29, 1.82) is 0 Å². The fourth-order valence-electron chi connectivity index (χ4n) is 1.75. The number of anilines is 1. The molecule has 1 heterocycles. The summed E-state index contributed by atoms with van der Waals surface area (Å²) in [6.45, 7) is -0.0991. The lowest BCUT2D eigenvalue weighted by molar-refractivity contribution is -0.138. The van der Waals surface area contributed by atoms with E-state index in [1.54, 1.807) is 0 Å². The maximum Gasteiger partial charge on any atom is 0.416 e. The molecule has 6 nitrogen and oxygen atoms in total. The van der Waals surface area contributed by atoms with Gasteiger partial charge in [0.05, 0.1) is 11.1 Å². The normalized spacial score (nSPS) is 11.1. The minimum atomic E-state index is -4.43. The number of nitrogens with zero attached hydrogens (tertiary/aromatic N) is 2. The maximum atomic E-state index is 12.8. The molecule has 0 spiro atoms. The fraction of sp³-hybridized carbons (Fsp3) is 0.154. The van der Waals surface area contributed by atoms with E-state index in [0.717, 1.165) is 6.07 Å². The minimum Gasteiger partial charge on any atom is -0.350 e. The molecule has 4 N–H and O–H groups in total. The van der Waals surface area contributed by atoms with Gasteiger partial charge in [0.15, 0.2) is 0 Å². The van der Waals surface area contributed by atoms with Crippen molar-refractivity contribution >= 4 is 11.9 Å². The standard InChI is InChI=1S/C13H12F3N5O/c14-13(15,16)10-4-2-1-3-8(10)5-18-12-19-6-9(7-20-12)11(22)21-17/h1-4,6-7H,5,17H2,(H,21,22)(H,18,19,20). The molecule has 0 atom stereocenters. The second-order valence-corrected chi connectivity index (χ2v) is 4.28. The smallest absolute Gasteiger partial charge is 0.350 e. The van der Waals surface area contributed by atoms with Gasteiger partial charge in [0.25, 0.3) is 5.91 Å². The van der Waals surface area contributed by atoms with Crippen molar-refractivity contribution in [3.05, 3.63) is 53.3 Å². The quantitative estimate of drug-likeness (QED) is 0.454. The Balaban J connectivity index is 2.09. The molecular weight excluding hydrogens is 299 g/mol. The summed E-state index contributed by atoms with van der Waals surface area (Å²) in [5.74, 6) is 4.50. The number of alkyl halides is 3. The number of carbonyl (C=O) groups is 1. The van der Waals surface area contributed by atoms with Crippen LogP contribution in [0.3, 0.4) is 0 Å². The first-order valence-electron chi connectivity index (χ1n) is 6.14. The molecule has 2 aromatic rings. The summed E-state index contributed by atoms with van der Waals surface area (Å²) in [5, 5.41) is 2.67. The number of amides is 1. The predicted molar refractivity (Wildman–Crippen MR) is 72.5 cm³/mol. The number of hydrogen-bond acceptors (Lipinski definition) is 5. The van der Waals surface area contributed by atoms with Crippen molar-refractivity contribution < 1.29 is 18.0 Å². The Morgan fingerprint density at radius 2 is 1.82 bits per heavy atom.